The lowest BCUT2D eigenvalue weighted by Crippen LogP contribution is -2.46. The van der Waals surface area contributed by atoms with Gasteiger partial charge < -0.3 is 10.0 Å². The van der Waals surface area contributed by atoms with Gasteiger partial charge in [0, 0.05) is 38.4 Å². The average Bonchev–Trinajstić information content (AvgIpc) is 2.61. The molecule has 22 heavy (non-hydrogen) atoms. The summed E-state index contributed by atoms with van der Waals surface area (Å²) in [7, 11) is 0. The third-order valence-corrected chi connectivity index (χ3v) is 4.40. The van der Waals surface area contributed by atoms with E-state index in [0.29, 0.717) is 0 Å². The van der Waals surface area contributed by atoms with Crippen LogP contribution in [-0.2, 0) is 0 Å². The fourth-order valence-electron chi connectivity index (χ4n) is 3.02. The van der Waals surface area contributed by atoms with E-state index in [1.54, 1.807) is 0 Å². The standard InChI is InChI=1S/C19H24N2O/c22-19(17-7-3-1-4-8-17)11-12-20-13-15-21(16-14-20)18-9-5-2-6-10-18/h1-10,19,22H,11-16H2. The van der Waals surface area contributed by atoms with Gasteiger partial charge in [-0.2, -0.15) is 0 Å². The van der Waals surface area contributed by atoms with Crippen LogP contribution >= 0.6 is 0 Å². The van der Waals surface area contributed by atoms with E-state index in [1.807, 2.05) is 30.3 Å². The van der Waals surface area contributed by atoms with Crippen molar-refractivity contribution in [1.82, 2.24) is 4.90 Å². The second kappa shape index (κ2) is 7.43. The van der Waals surface area contributed by atoms with E-state index in [9.17, 15) is 5.11 Å². The summed E-state index contributed by atoms with van der Waals surface area (Å²) in [5.74, 6) is 0. The predicted octanol–water partition coefficient (Wildman–Crippen LogP) is 2.93. The molecule has 1 aliphatic rings. The Morgan fingerprint density at radius 3 is 2.05 bits per heavy atom. The third-order valence-electron chi connectivity index (χ3n) is 4.40. The summed E-state index contributed by atoms with van der Waals surface area (Å²) in [4.78, 5) is 4.88. The minimum absolute atomic E-state index is 0.353. The second-order valence-corrected chi connectivity index (χ2v) is 5.88. The molecule has 0 radical (unpaired) electrons. The second-order valence-electron chi connectivity index (χ2n) is 5.88. The Morgan fingerprint density at radius 1 is 0.818 bits per heavy atom. The fourth-order valence-corrected chi connectivity index (χ4v) is 3.02. The molecule has 1 N–H and O–H groups in total. The first-order chi connectivity index (χ1) is 10.8. The monoisotopic (exact) mass is 296 g/mol. The minimum atomic E-state index is -0.353. The van der Waals surface area contributed by atoms with Gasteiger partial charge in [-0.3, -0.25) is 4.90 Å². The quantitative estimate of drug-likeness (QED) is 0.919. The van der Waals surface area contributed by atoms with Crippen LogP contribution in [0.25, 0.3) is 0 Å². The lowest BCUT2D eigenvalue weighted by molar-refractivity contribution is 0.139. The fraction of sp³-hybridized carbons (Fsp3) is 0.368. The van der Waals surface area contributed by atoms with Gasteiger partial charge in [-0.15, -0.1) is 0 Å². The highest BCUT2D eigenvalue weighted by atomic mass is 16.3. The number of anilines is 1. The van der Waals surface area contributed by atoms with Gasteiger partial charge in [-0.05, 0) is 24.1 Å². The van der Waals surface area contributed by atoms with Gasteiger partial charge in [0.1, 0.15) is 0 Å². The summed E-state index contributed by atoms with van der Waals surface area (Å²) in [6, 6.07) is 20.5. The molecule has 0 aromatic heterocycles. The summed E-state index contributed by atoms with van der Waals surface area (Å²) in [5, 5.41) is 10.2. The molecule has 0 spiro atoms. The summed E-state index contributed by atoms with van der Waals surface area (Å²) < 4.78 is 0. The summed E-state index contributed by atoms with van der Waals surface area (Å²) in [6.07, 6.45) is 0.448. The maximum Gasteiger partial charge on any atom is 0.0802 e. The summed E-state index contributed by atoms with van der Waals surface area (Å²) in [5.41, 5.74) is 2.33. The molecule has 3 nitrogen and oxygen atoms in total. The summed E-state index contributed by atoms with van der Waals surface area (Å²) >= 11 is 0. The molecule has 1 unspecified atom stereocenters. The molecule has 116 valence electrons. The van der Waals surface area contributed by atoms with Crippen molar-refractivity contribution in [2.45, 2.75) is 12.5 Å². The highest BCUT2D eigenvalue weighted by molar-refractivity contribution is 5.46. The van der Waals surface area contributed by atoms with Crippen molar-refractivity contribution < 1.29 is 5.11 Å². The Morgan fingerprint density at radius 2 is 1.41 bits per heavy atom. The zero-order chi connectivity index (χ0) is 15.2. The highest BCUT2D eigenvalue weighted by Gasteiger charge is 2.18. The van der Waals surface area contributed by atoms with Gasteiger partial charge in [0.15, 0.2) is 0 Å². The third kappa shape index (κ3) is 3.87. The van der Waals surface area contributed by atoms with E-state index in [0.717, 1.165) is 44.7 Å². The van der Waals surface area contributed by atoms with Crippen LogP contribution in [0.2, 0.25) is 0 Å². The normalized spacial score (nSPS) is 17.4. The molecular weight excluding hydrogens is 272 g/mol. The van der Waals surface area contributed by atoms with Crippen molar-refractivity contribution in [2.75, 3.05) is 37.6 Å². The van der Waals surface area contributed by atoms with Crippen molar-refractivity contribution in [3.8, 4) is 0 Å². The topological polar surface area (TPSA) is 26.7 Å². The molecule has 2 aromatic rings. The van der Waals surface area contributed by atoms with Gasteiger partial charge in [-0.25, -0.2) is 0 Å². The van der Waals surface area contributed by atoms with E-state index in [1.165, 1.54) is 5.69 Å². The molecule has 1 atom stereocenters. The van der Waals surface area contributed by atoms with Crippen LogP contribution in [0.1, 0.15) is 18.1 Å². The molecule has 3 rings (SSSR count). The first kappa shape index (κ1) is 15.1. The Balaban J connectivity index is 1.44. The van der Waals surface area contributed by atoms with Crippen molar-refractivity contribution in [3.63, 3.8) is 0 Å². The SMILES string of the molecule is OC(CCN1CCN(c2ccccc2)CC1)c1ccccc1. The lowest BCUT2D eigenvalue weighted by atomic mass is 10.1. The number of rotatable bonds is 5. The van der Waals surface area contributed by atoms with Crippen LogP contribution in [0.5, 0.6) is 0 Å². The van der Waals surface area contributed by atoms with E-state index in [4.69, 9.17) is 0 Å². The average molecular weight is 296 g/mol. The van der Waals surface area contributed by atoms with Crippen molar-refractivity contribution >= 4 is 5.69 Å². The summed E-state index contributed by atoms with van der Waals surface area (Å²) in [6.45, 7) is 5.21. The van der Waals surface area contributed by atoms with Crippen molar-refractivity contribution in [2.24, 2.45) is 0 Å². The van der Waals surface area contributed by atoms with E-state index < -0.39 is 0 Å². The smallest absolute Gasteiger partial charge is 0.0802 e. The molecule has 0 bridgehead atoms. The van der Waals surface area contributed by atoms with E-state index >= 15 is 0 Å². The molecule has 0 amide bonds. The van der Waals surface area contributed by atoms with E-state index in [-0.39, 0.29) is 6.10 Å². The van der Waals surface area contributed by atoms with Crippen LogP contribution in [0.15, 0.2) is 60.7 Å². The number of hydrogen-bond donors (Lipinski definition) is 1. The first-order valence-corrected chi connectivity index (χ1v) is 8.08. The molecule has 1 heterocycles. The van der Waals surface area contributed by atoms with Crippen LogP contribution in [-0.4, -0.2) is 42.7 Å². The number of hydrogen-bond acceptors (Lipinski definition) is 3. The molecular formula is C19H24N2O. The van der Waals surface area contributed by atoms with Crippen LogP contribution in [0.3, 0.4) is 0 Å². The van der Waals surface area contributed by atoms with Crippen LogP contribution in [0, 0.1) is 0 Å². The molecule has 0 saturated carbocycles. The Bertz CT molecular complexity index is 550. The minimum Gasteiger partial charge on any atom is -0.388 e. The van der Waals surface area contributed by atoms with Crippen molar-refractivity contribution in [3.05, 3.63) is 66.2 Å². The van der Waals surface area contributed by atoms with Gasteiger partial charge in [0.25, 0.3) is 0 Å². The highest BCUT2D eigenvalue weighted by Crippen LogP contribution is 2.19. The molecule has 1 saturated heterocycles. The zero-order valence-electron chi connectivity index (χ0n) is 12.9. The predicted molar refractivity (Wildman–Crippen MR) is 91.1 cm³/mol. The molecule has 3 heteroatoms. The Labute approximate surface area is 132 Å². The Hall–Kier alpha value is -1.84. The molecule has 1 aliphatic heterocycles. The zero-order valence-corrected chi connectivity index (χ0v) is 12.9. The van der Waals surface area contributed by atoms with Gasteiger partial charge in [0.2, 0.25) is 0 Å². The number of benzene rings is 2. The largest absolute Gasteiger partial charge is 0.388 e. The van der Waals surface area contributed by atoms with Crippen molar-refractivity contribution in [1.29, 1.82) is 0 Å². The number of para-hydroxylation sites is 1. The number of aliphatic hydroxyl groups excluding tert-OH is 1. The maximum atomic E-state index is 10.2. The van der Waals surface area contributed by atoms with Gasteiger partial charge in [0.05, 0.1) is 6.10 Å². The Kier molecular flexibility index (Phi) is 5.09. The number of aliphatic hydroxyl groups is 1. The molecule has 1 fully saturated rings. The van der Waals surface area contributed by atoms with Gasteiger partial charge in [-0.1, -0.05) is 48.5 Å². The first-order valence-electron chi connectivity index (χ1n) is 8.08. The molecule has 0 aliphatic carbocycles. The van der Waals surface area contributed by atoms with Gasteiger partial charge >= 0.3 is 0 Å². The van der Waals surface area contributed by atoms with E-state index in [2.05, 4.69) is 40.1 Å². The van der Waals surface area contributed by atoms with Crippen LogP contribution in [0.4, 0.5) is 5.69 Å². The number of piperazine rings is 1. The molecule has 2 aromatic carbocycles. The van der Waals surface area contributed by atoms with Crippen LogP contribution < -0.4 is 4.90 Å². The lowest BCUT2D eigenvalue weighted by Gasteiger charge is -2.36. The maximum absolute atomic E-state index is 10.2. The number of nitrogens with zero attached hydrogens (tertiary/aromatic N) is 2.